The number of benzene rings is 1. The Bertz CT molecular complexity index is 580. The van der Waals surface area contributed by atoms with Gasteiger partial charge in [0.25, 0.3) is 5.91 Å². The lowest BCUT2D eigenvalue weighted by molar-refractivity contribution is 0.101. The third-order valence-corrected chi connectivity index (χ3v) is 2.74. The van der Waals surface area contributed by atoms with Crippen LogP contribution in [0.1, 0.15) is 17.4 Å². The van der Waals surface area contributed by atoms with Gasteiger partial charge < -0.3 is 10.4 Å². The predicted molar refractivity (Wildman–Crippen MR) is 69.0 cm³/mol. The molecule has 18 heavy (non-hydrogen) atoms. The quantitative estimate of drug-likeness (QED) is 0.838. The van der Waals surface area contributed by atoms with Crippen LogP contribution in [0.3, 0.4) is 0 Å². The highest BCUT2D eigenvalue weighted by molar-refractivity contribution is 6.34. The van der Waals surface area contributed by atoms with Gasteiger partial charge in [-0.1, -0.05) is 23.7 Å². The van der Waals surface area contributed by atoms with Crippen molar-refractivity contribution in [2.24, 2.45) is 0 Å². The number of aromatic hydroxyl groups is 1. The minimum atomic E-state index is -0.402. The average Bonchev–Trinajstić information content (AvgIpc) is 2.73. The maximum atomic E-state index is 12.1. The molecule has 0 radical (unpaired) electrons. The number of rotatable bonds is 3. The van der Waals surface area contributed by atoms with Gasteiger partial charge in [-0.25, -0.2) is 0 Å². The van der Waals surface area contributed by atoms with Crippen molar-refractivity contribution in [2.75, 3.05) is 5.32 Å². The first-order valence-corrected chi connectivity index (χ1v) is 5.82. The van der Waals surface area contributed by atoms with Gasteiger partial charge in [0.2, 0.25) is 0 Å². The zero-order valence-corrected chi connectivity index (χ0v) is 10.5. The highest BCUT2D eigenvalue weighted by Crippen LogP contribution is 2.23. The first-order valence-electron chi connectivity index (χ1n) is 5.44. The first kappa shape index (κ1) is 12.4. The van der Waals surface area contributed by atoms with Crippen LogP contribution in [0.15, 0.2) is 30.5 Å². The number of anilines is 1. The second-order valence-corrected chi connectivity index (χ2v) is 4.04. The summed E-state index contributed by atoms with van der Waals surface area (Å²) in [6, 6.07) is 6.49. The maximum Gasteiger partial charge on any atom is 0.275 e. The van der Waals surface area contributed by atoms with Gasteiger partial charge in [-0.15, -0.1) is 0 Å². The maximum absolute atomic E-state index is 12.1. The molecule has 0 atom stereocenters. The van der Waals surface area contributed by atoms with Crippen LogP contribution in [-0.4, -0.2) is 20.8 Å². The molecule has 1 heterocycles. The number of carbonyl (C=O) groups excluding carboxylic acids is 1. The Morgan fingerprint density at radius 1 is 1.50 bits per heavy atom. The second kappa shape index (κ2) is 5.10. The monoisotopic (exact) mass is 265 g/mol. The number of nitrogens with zero attached hydrogens (tertiary/aromatic N) is 2. The van der Waals surface area contributed by atoms with E-state index in [1.54, 1.807) is 18.2 Å². The first-order chi connectivity index (χ1) is 8.63. The third-order valence-electron chi connectivity index (χ3n) is 2.46. The molecule has 5 nitrogen and oxygen atoms in total. The highest BCUT2D eigenvalue weighted by atomic mass is 35.5. The fourth-order valence-electron chi connectivity index (χ4n) is 1.59. The fourth-order valence-corrected chi connectivity index (χ4v) is 1.82. The smallest absolute Gasteiger partial charge is 0.275 e. The van der Waals surface area contributed by atoms with E-state index in [0.717, 1.165) is 0 Å². The van der Waals surface area contributed by atoms with Gasteiger partial charge in [0.05, 0.1) is 16.9 Å². The Morgan fingerprint density at radius 2 is 2.22 bits per heavy atom. The average molecular weight is 266 g/mol. The number of amides is 1. The molecular formula is C12H12ClN3O2. The van der Waals surface area contributed by atoms with E-state index >= 15 is 0 Å². The number of phenolic OH excluding ortho intramolecular Hbond substituents is 1. The normalized spacial score (nSPS) is 10.3. The molecule has 0 saturated heterocycles. The van der Waals surface area contributed by atoms with E-state index in [9.17, 15) is 9.90 Å². The van der Waals surface area contributed by atoms with E-state index in [4.69, 9.17) is 11.6 Å². The van der Waals surface area contributed by atoms with Crippen molar-refractivity contribution in [1.29, 1.82) is 0 Å². The molecule has 1 aromatic heterocycles. The van der Waals surface area contributed by atoms with Crippen molar-refractivity contribution in [3.8, 4) is 5.75 Å². The van der Waals surface area contributed by atoms with Gasteiger partial charge in [-0.3, -0.25) is 9.48 Å². The van der Waals surface area contributed by atoms with Crippen molar-refractivity contribution >= 4 is 23.2 Å². The van der Waals surface area contributed by atoms with Crippen molar-refractivity contribution in [3.05, 3.63) is 41.2 Å². The number of hydrogen-bond acceptors (Lipinski definition) is 3. The van der Waals surface area contributed by atoms with Crippen LogP contribution < -0.4 is 5.32 Å². The number of carbonyl (C=O) groups is 1. The summed E-state index contributed by atoms with van der Waals surface area (Å²) in [6.07, 6.45) is 1.42. The number of halogens is 1. The van der Waals surface area contributed by atoms with E-state index < -0.39 is 5.91 Å². The summed E-state index contributed by atoms with van der Waals surface area (Å²) < 4.78 is 1.50. The van der Waals surface area contributed by atoms with Crippen molar-refractivity contribution in [1.82, 2.24) is 9.78 Å². The SMILES string of the molecule is CCn1ncc(Cl)c1C(=O)Nc1ccccc1O. The van der Waals surface area contributed by atoms with Crippen LogP contribution in [0.5, 0.6) is 5.75 Å². The zero-order chi connectivity index (χ0) is 13.1. The van der Waals surface area contributed by atoms with Crippen LogP contribution in [0, 0.1) is 0 Å². The lowest BCUT2D eigenvalue weighted by Gasteiger charge is -2.08. The van der Waals surface area contributed by atoms with E-state index in [1.807, 2.05) is 6.92 Å². The number of phenols is 1. The second-order valence-electron chi connectivity index (χ2n) is 3.63. The van der Waals surface area contributed by atoms with Gasteiger partial charge >= 0.3 is 0 Å². The number of aryl methyl sites for hydroxylation is 1. The summed E-state index contributed by atoms with van der Waals surface area (Å²) in [5, 5.41) is 16.4. The summed E-state index contributed by atoms with van der Waals surface area (Å²) in [5.41, 5.74) is 0.616. The van der Waals surface area contributed by atoms with E-state index in [0.29, 0.717) is 12.2 Å². The van der Waals surface area contributed by atoms with Crippen LogP contribution >= 0.6 is 11.6 Å². The Labute approximate surface area is 109 Å². The van der Waals surface area contributed by atoms with Crippen molar-refractivity contribution in [2.45, 2.75) is 13.5 Å². The number of aromatic nitrogens is 2. The minimum Gasteiger partial charge on any atom is -0.506 e. The third kappa shape index (κ3) is 2.31. The summed E-state index contributed by atoms with van der Waals surface area (Å²) in [6.45, 7) is 2.40. The molecular weight excluding hydrogens is 254 g/mol. The molecule has 0 spiro atoms. The lowest BCUT2D eigenvalue weighted by Crippen LogP contribution is -2.17. The molecule has 1 amide bonds. The van der Waals surface area contributed by atoms with Gasteiger partial charge in [0.15, 0.2) is 0 Å². The molecule has 0 unspecified atom stereocenters. The molecule has 0 saturated carbocycles. The molecule has 2 N–H and O–H groups in total. The Morgan fingerprint density at radius 3 is 2.89 bits per heavy atom. The molecule has 6 heteroatoms. The van der Waals surface area contributed by atoms with Crippen LogP contribution in [0.2, 0.25) is 5.02 Å². The largest absolute Gasteiger partial charge is 0.506 e. The minimum absolute atomic E-state index is 0.00420. The Kier molecular flexibility index (Phi) is 3.53. The van der Waals surface area contributed by atoms with Crippen LogP contribution in [0.25, 0.3) is 0 Å². The molecule has 2 rings (SSSR count). The van der Waals surface area contributed by atoms with Crippen LogP contribution in [-0.2, 0) is 6.54 Å². The fraction of sp³-hybridized carbons (Fsp3) is 0.167. The summed E-state index contributed by atoms with van der Waals surface area (Å²) in [5.74, 6) is -0.398. The molecule has 0 aliphatic heterocycles. The summed E-state index contributed by atoms with van der Waals surface area (Å²) in [4.78, 5) is 12.1. The van der Waals surface area contributed by atoms with E-state index in [1.165, 1.54) is 16.9 Å². The summed E-state index contributed by atoms with van der Waals surface area (Å²) >= 11 is 5.92. The van der Waals surface area contributed by atoms with Gasteiger partial charge in [-0.2, -0.15) is 5.10 Å². The molecule has 1 aromatic carbocycles. The molecule has 0 aliphatic rings. The number of nitrogens with one attached hydrogen (secondary N) is 1. The molecule has 0 aliphatic carbocycles. The summed E-state index contributed by atoms with van der Waals surface area (Å²) in [7, 11) is 0. The van der Waals surface area contributed by atoms with Crippen LogP contribution in [0.4, 0.5) is 5.69 Å². The predicted octanol–water partition coefficient (Wildman–Crippen LogP) is 2.51. The molecule has 2 aromatic rings. The highest BCUT2D eigenvalue weighted by Gasteiger charge is 2.17. The Hall–Kier alpha value is -2.01. The lowest BCUT2D eigenvalue weighted by atomic mass is 10.3. The topological polar surface area (TPSA) is 67.2 Å². The van der Waals surface area contributed by atoms with Gasteiger partial charge in [-0.05, 0) is 19.1 Å². The van der Waals surface area contributed by atoms with E-state index in [2.05, 4.69) is 10.4 Å². The van der Waals surface area contributed by atoms with Crippen molar-refractivity contribution in [3.63, 3.8) is 0 Å². The Balaban J connectivity index is 2.28. The molecule has 0 fully saturated rings. The van der Waals surface area contributed by atoms with E-state index in [-0.39, 0.29) is 16.5 Å². The zero-order valence-electron chi connectivity index (χ0n) is 9.72. The van der Waals surface area contributed by atoms with Gasteiger partial charge in [0, 0.05) is 6.54 Å². The standard InChI is InChI=1S/C12H12ClN3O2/c1-2-16-11(8(13)7-14-16)12(18)15-9-5-3-4-6-10(9)17/h3-7,17H,2H2,1H3,(H,15,18). The van der Waals surface area contributed by atoms with Crippen molar-refractivity contribution < 1.29 is 9.90 Å². The van der Waals surface area contributed by atoms with Gasteiger partial charge in [0.1, 0.15) is 11.4 Å². The molecule has 94 valence electrons. The number of hydrogen-bond donors (Lipinski definition) is 2. The number of para-hydroxylation sites is 2. The molecule has 0 bridgehead atoms.